The Morgan fingerprint density at radius 2 is 2.00 bits per heavy atom. The van der Waals surface area contributed by atoms with Crippen LogP contribution in [0.15, 0.2) is 53.4 Å². The molecule has 2 rings (SSSR count). The van der Waals surface area contributed by atoms with E-state index in [9.17, 15) is 4.79 Å². The minimum Gasteiger partial charge on any atom is -0.497 e. The topological polar surface area (TPSA) is 26.3 Å². The summed E-state index contributed by atoms with van der Waals surface area (Å²) in [6.07, 6.45) is 0.411. The van der Waals surface area contributed by atoms with Gasteiger partial charge in [-0.15, -0.1) is 11.8 Å². The third-order valence-corrected chi connectivity index (χ3v) is 4.34. The molecule has 0 atom stereocenters. The molecule has 0 N–H and O–H groups in total. The lowest BCUT2D eigenvalue weighted by Gasteiger charge is -2.05. The highest BCUT2D eigenvalue weighted by molar-refractivity contribution is 8.00. The molecule has 2 nitrogen and oxygen atoms in total. The number of rotatable bonds is 6. The summed E-state index contributed by atoms with van der Waals surface area (Å²) in [5, 5.41) is 0.687. The second-order valence-corrected chi connectivity index (χ2v) is 5.71. The quantitative estimate of drug-likeness (QED) is 0.746. The van der Waals surface area contributed by atoms with Gasteiger partial charge in [0.1, 0.15) is 11.5 Å². The van der Waals surface area contributed by atoms with Crippen LogP contribution in [0.25, 0.3) is 0 Å². The fourth-order valence-electron chi connectivity index (χ4n) is 1.78. The van der Waals surface area contributed by atoms with Crippen LogP contribution in [0.1, 0.15) is 5.56 Å². The van der Waals surface area contributed by atoms with Gasteiger partial charge in [-0.1, -0.05) is 35.9 Å². The maximum atomic E-state index is 12.0. The lowest BCUT2D eigenvalue weighted by atomic mass is 10.1. The maximum Gasteiger partial charge on any atom is 0.147 e. The normalized spacial score (nSPS) is 10.3. The van der Waals surface area contributed by atoms with E-state index in [2.05, 4.69) is 0 Å². The standard InChI is InChI=1S/C16H15ClO2S/c1-19-14-6-4-5-12(10-14)9-13(18)11-20-16-8-3-2-7-15(16)17/h2-8,10H,9,11H2,1H3. The summed E-state index contributed by atoms with van der Waals surface area (Å²) >= 11 is 7.53. The van der Waals surface area contributed by atoms with Gasteiger partial charge < -0.3 is 4.74 Å². The molecule has 0 aliphatic carbocycles. The van der Waals surface area contributed by atoms with E-state index in [4.69, 9.17) is 16.3 Å². The van der Waals surface area contributed by atoms with Gasteiger partial charge in [-0.05, 0) is 29.8 Å². The number of thioether (sulfide) groups is 1. The van der Waals surface area contributed by atoms with Gasteiger partial charge in [0, 0.05) is 11.3 Å². The summed E-state index contributed by atoms with van der Waals surface area (Å²) in [5.74, 6) is 1.36. The van der Waals surface area contributed by atoms with E-state index in [1.807, 2.05) is 48.5 Å². The first kappa shape index (κ1) is 14.9. The summed E-state index contributed by atoms with van der Waals surface area (Å²) in [6, 6.07) is 15.1. The molecular weight excluding hydrogens is 292 g/mol. The van der Waals surface area contributed by atoms with Crippen molar-refractivity contribution in [1.82, 2.24) is 0 Å². The van der Waals surface area contributed by atoms with Gasteiger partial charge in [0.15, 0.2) is 0 Å². The molecule has 0 heterocycles. The molecule has 0 fully saturated rings. The van der Waals surface area contributed by atoms with Crippen LogP contribution in [-0.2, 0) is 11.2 Å². The van der Waals surface area contributed by atoms with E-state index in [1.54, 1.807) is 7.11 Å². The summed E-state index contributed by atoms with van der Waals surface area (Å²) in [4.78, 5) is 12.9. The summed E-state index contributed by atoms with van der Waals surface area (Å²) in [5.41, 5.74) is 0.967. The van der Waals surface area contributed by atoms with Gasteiger partial charge in [-0.3, -0.25) is 4.79 Å². The van der Waals surface area contributed by atoms with Crippen molar-refractivity contribution >= 4 is 29.1 Å². The molecule has 2 aromatic rings. The van der Waals surface area contributed by atoms with Crippen LogP contribution in [0, 0.1) is 0 Å². The first-order valence-corrected chi connectivity index (χ1v) is 7.57. The number of Topliss-reactive ketones (excluding diaryl/α,β-unsaturated/α-hetero) is 1. The Bertz CT molecular complexity index is 599. The Morgan fingerprint density at radius 1 is 1.20 bits per heavy atom. The summed E-state index contributed by atoms with van der Waals surface area (Å²) in [6.45, 7) is 0. The SMILES string of the molecule is COc1cccc(CC(=O)CSc2ccccc2Cl)c1. The molecule has 20 heavy (non-hydrogen) atoms. The summed E-state index contributed by atoms with van der Waals surface area (Å²) in [7, 11) is 1.62. The van der Waals surface area contributed by atoms with E-state index in [1.165, 1.54) is 11.8 Å². The van der Waals surface area contributed by atoms with Crippen molar-refractivity contribution < 1.29 is 9.53 Å². The molecule has 0 spiro atoms. The Morgan fingerprint density at radius 3 is 2.75 bits per heavy atom. The van der Waals surface area contributed by atoms with Gasteiger partial charge in [-0.25, -0.2) is 0 Å². The highest BCUT2D eigenvalue weighted by Gasteiger charge is 2.07. The lowest BCUT2D eigenvalue weighted by Crippen LogP contribution is -2.05. The van der Waals surface area contributed by atoms with E-state index in [-0.39, 0.29) is 5.78 Å². The first-order valence-electron chi connectivity index (χ1n) is 6.21. The summed E-state index contributed by atoms with van der Waals surface area (Å²) < 4.78 is 5.15. The fraction of sp³-hybridized carbons (Fsp3) is 0.188. The average molecular weight is 307 g/mol. The van der Waals surface area contributed by atoms with Crippen LogP contribution in [0.2, 0.25) is 5.02 Å². The largest absolute Gasteiger partial charge is 0.497 e. The highest BCUT2D eigenvalue weighted by Crippen LogP contribution is 2.26. The monoisotopic (exact) mass is 306 g/mol. The smallest absolute Gasteiger partial charge is 0.147 e. The molecule has 0 saturated heterocycles. The Hall–Kier alpha value is -1.45. The van der Waals surface area contributed by atoms with E-state index >= 15 is 0 Å². The van der Waals surface area contributed by atoms with Gasteiger partial charge in [0.2, 0.25) is 0 Å². The van der Waals surface area contributed by atoms with Crippen molar-refractivity contribution in [3.63, 3.8) is 0 Å². The van der Waals surface area contributed by atoms with Gasteiger partial charge in [0.05, 0.1) is 17.9 Å². The van der Waals surface area contributed by atoms with E-state index < -0.39 is 0 Å². The first-order chi connectivity index (χ1) is 9.69. The number of carbonyl (C=O) groups excluding carboxylic acids is 1. The Labute approximate surface area is 128 Å². The highest BCUT2D eigenvalue weighted by atomic mass is 35.5. The number of hydrogen-bond acceptors (Lipinski definition) is 3. The van der Waals surface area contributed by atoms with Crippen molar-refractivity contribution in [2.45, 2.75) is 11.3 Å². The van der Waals surface area contributed by atoms with Crippen molar-refractivity contribution in [3.05, 3.63) is 59.1 Å². The molecule has 0 unspecified atom stereocenters. The number of ketones is 1. The Kier molecular flexibility index (Phi) is 5.50. The van der Waals surface area contributed by atoms with Crippen molar-refractivity contribution in [2.24, 2.45) is 0 Å². The second kappa shape index (κ2) is 7.36. The molecule has 0 saturated carbocycles. The van der Waals surface area contributed by atoms with Crippen molar-refractivity contribution in [2.75, 3.05) is 12.9 Å². The molecule has 0 aliphatic heterocycles. The van der Waals surface area contributed by atoms with Crippen LogP contribution in [0.5, 0.6) is 5.75 Å². The number of ether oxygens (including phenoxy) is 1. The molecule has 2 aromatic carbocycles. The minimum atomic E-state index is 0.170. The zero-order valence-electron chi connectivity index (χ0n) is 11.1. The fourth-order valence-corrected chi connectivity index (χ4v) is 2.88. The van der Waals surface area contributed by atoms with Gasteiger partial charge >= 0.3 is 0 Å². The predicted molar refractivity (Wildman–Crippen MR) is 83.9 cm³/mol. The number of halogens is 1. The zero-order chi connectivity index (χ0) is 14.4. The van der Waals surface area contributed by atoms with Crippen LogP contribution in [0.4, 0.5) is 0 Å². The number of methoxy groups -OCH3 is 1. The third-order valence-electron chi connectivity index (χ3n) is 2.76. The van der Waals surface area contributed by atoms with E-state index in [0.29, 0.717) is 17.2 Å². The number of hydrogen-bond donors (Lipinski definition) is 0. The molecule has 0 aromatic heterocycles. The molecule has 4 heteroatoms. The number of carbonyl (C=O) groups is 1. The van der Waals surface area contributed by atoms with Crippen LogP contribution in [-0.4, -0.2) is 18.6 Å². The number of benzene rings is 2. The minimum absolute atomic E-state index is 0.170. The van der Waals surface area contributed by atoms with Crippen LogP contribution in [0.3, 0.4) is 0 Å². The van der Waals surface area contributed by atoms with Gasteiger partial charge in [0.25, 0.3) is 0 Å². The van der Waals surface area contributed by atoms with Crippen molar-refractivity contribution in [1.29, 1.82) is 0 Å². The van der Waals surface area contributed by atoms with E-state index in [0.717, 1.165) is 16.2 Å². The molecular formula is C16H15ClO2S. The maximum absolute atomic E-state index is 12.0. The molecule has 104 valence electrons. The molecule has 0 aliphatic rings. The van der Waals surface area contributed by atoms with Crippen LogP contribution < -0.4 is 4.74 Å². The lowest BCUT2D eigenvalue weighted by molar-refractivity contribution is -0.116. The second-order valence-electron chi connectivity index (χ2n) is 4.29. The molecule has 0 amide bonds. The predicted octanol–water partition coefficient (Wildman–Crippen LogP) is 4.25. The average Bonchev–Trinajstić information content (AvgIpc) is 2.46. The molecule has 0 bridgehead atoms. The zero-order valence-corrected chi connectivity index (χ0v) is 12.7. The Balaban J connectivity index is 1.91. The van der Waals surface area contributed by atoms with Crippen LogP contribution >= 0.6 is 23.4 Å². The third kappa shape index (κ3) is 4.29. The van der Waals surface area contributed by atoms with Gasteiger partial charge in [-0.2, -0.15) is 0 Å². The van der Waals surface area contributed by atoms with Crippen molar-refractivity contribution in [3.8, 4) is 5.75 Å². The molecule has 0 radical (unpaired) electrons.